The Morgan fingerprint density at radius 3 is 2.39 bits per heavy atom. The summed E-state index contributed by atoms with van der Waals surface area (Å²) < 4.78 is 5.33. The lowest BCUT2D eigenvalue weighted by Gasteiger charge is -2.22. The van der Waals surface area contributed by atoms with Crippen LogP contribution in [-0.4, -0.2) is 7.11 Å². The van der Waals surface area contributed by atoms with Crippen molar-refractivity contribution in [1.29, 1.82) is 0 Å². The molecule has 0 saturated carbocycles. The Kier molecular flexibility index (Phi) is 3.07. The molecule has 2 rings (SSSR count). The Labute approximate surface area is 107 Å². The Balaban J connectivity index is 2.82. The van der Waals surface area contributed by atoms with Crippen molar-refractivity contribution in [2.24, 2.45) is 5.18 Å². The van der Waals surface area contributed by atoms with Crippen molar-refractivity contribution < 1.29 is 4.74 Å². The molecule has 0 aliphatic rings. The molecule has 0 radical (unpaired) electrons. The van der Waals surface area contributed by atoms with Gasteiger partial charge in [-0.15, -0.1) is 4.91 Å². The maximum atomic E-state index is 10.7. The Morgan fingerprint density at radius 2 is 1.83 bits per heavy atom. The monoisotopic (exact) mass is 243 g/mol. The largest absolute Gasteiger partial charge is 0.497 e. The first-order valence-electron chi connectivity index (χ1n) is 5.91. The van der Waals surface area contributed by atoms with Gasteiger partial charge in [0.2, 0.25) is 0 Å². The average molecular weight is 243 g/mol. The lowest BCUT2D eigenvalue weighted by atomic mass is 9.83. The molecule has 0 amide bonds. The molecular weight excluding hydrogens is 226 g/mol. The molecule has 0 unspecified atom stereocenters. The first-order valence-corrected chi connectivity index (χ1v) is 5.91. The number of nitroso groups, excluding NO2 is 1. The minimum Gasteiger partial charge on any atom is -0.497 e. The molecule has 18 heavy (non-hydrogen) atoms. The number of fused-ring (bicyclic) bond motifs is 1. The molecule has 0 aliphatic carbocycles. The van der Waals surface area contributed by atoms with Crippen molar-refractivity contribution in [3.63, 3.8) is 0 Å². The van der Waals surface area contributed by atoms with Crippen molar-refractivity contribution >= 4 is 16.5 Å². The van der Waals surface area contributed by atoms with Gasteiger partial charge in [0.25, 0.3) is 0 Å². The molecule has 0 aliphatic heterocycles. The lowest BCUT2D eigenvalue weighted by molar-refractivity contribution is 0.413. The van der Waals surface area contributed by atoms with E-state index in [1.54, 1.807) is 13.2 Å². The fourth-order valence-corrected chi connectivity index (χ4v) is 2.11. The van der Waals surface area contributed by atoms with Crippen LogP contribution in [0.25, 0.3) is 10.8 Å². The van der Waals surface area contributed by atoms with E-state index in [0.29, 0.717) is 5.69 Å². The molecule has 0 bridgehead atoms. The summed E-state index contributed by atoms with van der Waals surface area (Å²) in [6.45, 7) is 6.42. The summed E-state index contributed by atoms with van der Waals surface area (Å²) in [5.41, 5.74) is 1.59. The molecule has 0 fully saturated rings. The minimum absolute atomic E-state index is 0.0195. The van der Waals surface area contributed by atoms with Gasteiger partial charge in [0, 0.05) is 0 Å². The third kappa shape index (κ3) is 2.21. The minimum atomic E-state index is -0.0195. The van der Waals surface area contributed by atoms with Crippen molar-refractivity contribution in [2.45, 2.75) is 26.2 Å². The molecule has 3 nitrogen and oxygen atoms in total. The predicted octanol–water partition coefficient (Wildman–Crippen LogP) is 4.54. The highest BCUT2D eigenvalue weighted by molar-refractivity contribution is 5.90. The zero-order valence-electron chi connectivity index (χ0n) is 11.2. The SMILES string of the molecule is COc1cc(C(C)(C)C)c2cc(N=O)ccc2c1. The zero-order chi connectivity index (χ0) is 13.3. The number of methoxy groups -OCH3 is 1. The number of hydrogen-bond donors (Lipinski definition) is 0. The van der Waals surface area contributed by atoms with Crippen molar-refractivity contribution in [3.8, 4) is 5.75 Å². The van der Waals surface area contributed by atoms with Gasteiger partial charge < -0.3 is 4.74 Å². The van der Waals surface area contributed by atoms with E-state index in [2.05, 4.69) is 25.9 Å². The zero-order valence-corrected chi connectivity index (χ0v) is 11.2. The molecular formula is C15H17NO2. The second kappa shape index (κ2) is 4.41. The van der Waals surface area contributed by atoms with E-state index in [4.69, 9.17) is 4.74 Å². The number of hydrogen-bond acceptors (Lipinski definition) is 3. The van der Waals surface area contributed by atoms with Crippen LogP contribution in [0.4, 0.5) is 5.69 Å². The van der Waals surface area contributed by atoms with Crippen LogP contribution in [0.15, 0.2) is 35.5 Å². The molecule has 0 atom stereocenters. The molecule has 0 spiro atoms. The normalized spacial score (nSPS) is 11.6. The van der Waals surface area contributed by atoms with E-state index in [9.17, 15) is 4.91 Å². The van der Waals surface area contributed by atoms with Crippen LogP contribution in [0.3, 0.4) is 0 Å². The molecule has 2 aromatic rings. The summed E-state index contributed by atoms with van der Waals surface area (Å²) in [7, 11) is 1.66. The topological polar surface area (TPSA) is 38.7 Å². The summed E-state index contributed by atoms with van der Waals surface area (Å²) >= 11 is 0. The summed E-state index contributed by atoms with van der Waals surface area (Å²) in [5, 5.41) is 5.12. The maximum absolute atomic E-state index is 10.7. The standard InChI is InChI=1S/C15H17NO2/c1-15(2,3)14-9-12(18-4)7-10-5-6-11(16-17)8-13(10)14/h5-9H,1-4H3. The van der Waals surface area contributed by atoms with Gasteiger partial charge in [-0.05, 0) is 51.2 Å². The van der Waals surface area contributed by atoms with E-state index >= 15 is 0 Å². The Hall–Kier alpha value is -1.90. The first kappa shape index (κ1) is 12.6. The van der Waals surface area contributed by atoms with Crippen LogP contribution < -0.4 is 4.74 Å². The summed E-state index contributed by atoms with van der Waals surface area (Å²) in [6.07, 6.45) is 0. The molecule has 0 heterocycles. The van der Waals surface area contributed by atoms with Crippen LogP contribution in [0.1, 0.15) is 26.3 Å². The second-order valence-corrected chi connectivity index (χ2v) is 5.42. The highest BCUT2D eigenvalue weighted by atomic mass is 16.5. The van der Waals surface area contributed by atoms with Gasteiger partial charge in [0.15, 0.2) is 0 Å². The maximum Gasteiger partial charge on any atom is 0.119 e. The number of benzene rings is 2. The van der Waals surface area contributed by atoms with Crippen molar-refractivity contribution in [1.82, 2.24) is 0 Å². The van der Waals surface area contributed by atoms with Crippen molar-refractivity contribution in [3.05, 3.63) is 40.8 Å². The molecule has 0 aromatic heterocycles. The summed E-state index contributed by atoms with van der Waals surface area (Å²) in [5.74, 6) is 0.833. The van der Waals surface area contributed by atoms with Gasteiger partial charge in [0.05, 0.1) is 7.11 Å². The third-order valence-electron chi connectivity index (χ3n) is 3.06. The number of rotatable bonds is 2. The van der Waals surface area contributed by atoms with Crippen LogP contribution in [0, 0.1) is 4.91 Å². The number of nitrogens with zero attached hydrogens (tertiary/aromatic N) is 1. The van der Waals surface area contributed by atoms with Gasteiger partial charge in [0.1, 0.15) is 11.4 Å². The molecule has 94 valence electrons. The number of ether oxygens (including phenoxy) is 1. The highest BCUT2D eigenvalue weighted by Crippen LogP contribution is 2.35. The van der Waals surface area contributed by atoms with E-state index in [0.717, 1.165) is 22.1 Å². The van der Waals surface area contributed by atoms with Gasteiger partial charge >= 0.3 is 0 Å². The van der Waals surface area contributed by atoms with E-state index in [1.807, 2.05) is 24.3 Å². The lowest BCUT2D eigenvalue weighted by Crippen LogP contribution is -2.11. The van der Waals surface area contributed by atoms with E-state index in [1.165, 1.54) is 0 Å². The summed E-state index contributed by atoms with van der Waals surface area (Å²) in [4.78, 5) is 10.7. The van der Waals surface area contributed by atoms with E-state index < -0.39 is 0 Å². The Morgan fingerprint density at radius 1 is 1.11 bits per heavy atom. The average Bonchev–Trinajstić information content (AvgIpc) is 2.35. The van der Waals surface area contributed by atoms with Crippen LogP contribution in [0.2, 0.25) is 0 Å². The first-order chi connectivity index (χ1) is 8.45. The molecule has 3 heteroatoms. The highest BCUT2D eigenvalue weighted by Gasteiger charge is 2.18. The van der Waals surface area contributed by atoms with Gasteiger partial charge in [-0.3, -0.25) is 0 Å². The van der Waals surface area contributed by atoms with Crippen LogP contribution >= 0.6 is 0 Å². The quantitative estimate of drug-likeness (QED) is 0.726. The fraction of sp³-hybridized carbons (Fsp3) is 0.333. The van der Waals surface area contributed by atoms with E-state index in [-0.39, 0.29) is 5.41 Å². The molecule has 0 saturated heterocycles. The van der Waals surface area contributed by atoms with Gasteiger partial charge in [-0.1, -0.05) is 26.8 Å². The third-order valence-corrected chi connectivity index (χ3v) is 3.06. The van der Waals surface area contributed by atoms with Gasteiger partial charge in [-0.25, -0.2) is 0 Å². The Bertz CT molecular complexity index is 597. The summed E-state index contributed by atoms with van der Waals surface area (Å²) in [6, 6.07) is 9.46. The second-order valence-electron chi connectivity index (χ2n) is 5.42. The molecule has 0 N–H and O–H groups in total. The predicted molar refractivity (Wildman–Crippen MR) is 74.7 cm³/mol. The fourth-order valence-electron chi connectivity index (χ4n) is 2.11. The van der Waals surface area contributed by atoms with Gasteiger partial charge in [-0.2, -0.15) is 0 Å². The van der Waals surface area contributed by atoms with Crippen LogP contribution in [0.5, 0.6) is 5.75 Å². The van der Waals surface area contributed by atoms with Crippen LogP contribution in [-0.2, 0) is 5.41 Å². The van der Waals surface area contributed by atoms with Crippen molar-refractivity contribution in [2.75, 3.05) is 7.11 Å². The molecule has 2 aromatic carbocycles. The smallest absolute Gasteiger partial charge is 0.119 e.